The molecule has 5 nitrogen and oxygen atoms in total. The van der Waals surface area contributed by atoms with E-state index >= 15 is 0 Å². The average Bonchev–Trinajstić information content (AvgIpc) is 2.25. The summed E-state index contributed by atoms with van der Waals surface area (Å²) in [7, 11) is -2.66. The lowest BCUT2D eigenvalue weighted by atomic mass is 10.1. The average molecular weight is 244 g/mol. The summed E-state index contributed by atoms with van der Waals surface area (Å²) in [5.74, 6) is -0.772. The normalized spacial score (nSPS) is 11.1. The Morgan fingerprint density at radius 3 is 2.31 bits per heavy atom. The maximum atomic E-state index is 11.1. The summed E-state index contributed by atoms with van der Waals surface area (Å²) in [6.07, 6.45) is 0.209. The van der Waals surface area contributed by atoms with Crippen LogP contribution in [0, 0.1) is 0 Å². The van der Waals surface area contributed by atoms with Crippen LogP contribution in [0.4, 0.5) is 0 Å². The molecule has 0 aliphatic carbocycles. The van der Waals surface area contributed by atoms with E-state index in [2.05, 4.69) is 4.74 Å². The highest BCUT2D eigenvalue weighted by atomic mass is 32.2. The fraction of sp³-hybridized carbons (Fsp3) is 0.300. The van der Waals surface area contributed by atoms with Crippen LogP contribution in [0.5, 0.6) is 0 Å². The summed E-state index contributed by atoms with van der Waals surface area (Å²) < 4.78 is 34.1. The fourth-order valence-corrected chi connectivity index (χ4v) is 1.67. The number of hydrogen-bond donors (Lipinski definition) is 1. The van der Waals surface area contributed by atoms with Crippen LogP contribution in [-0.4, -0.2) is 31.8 Å². The van der Waals surface area contributed by atoms with Crippen molar-refractivity contribution in [1.82, 2.24) is 0 Å². The predicted octanol–water partition coefficient (Wildman–Crippen LogP) is 0.904. The molecule has 1 aromatic rings. The van der Waals surface area contributed by atoms with E-state index in [1.165, 1.54) is 7.11 Å². The number of carbonyl (C=O) groups is 1. The van der Waals surface area contributed by atoms with Crippen molar-refractivity contribution in [1.29, 1.82) is 0 Å². The Morgan fingerprint density at radius 2 is 1.88 bits per heavy atom. The zero-order valence-corrected chi connectivity index (χ0v) is 9.53. The second-order valence-corrected chi connectivity index (χ2v) is 4.80. The first-order valence-corrected chi connectivity index (χ1v) is 6.16. The molecule has 0 aliphatic rings. The third-order valence-electron chi connectivity index (χ3n) is 2.02. The van der Waals surface area contributed by atoms with Crippen LogP contribution in [0.15, 0.2) is 24.3 Å². The van der Waals surface area contributed by atoms with Gasteiger partial charge in [-0.25, -0.2) is 4.79 Å². The lowest BCUT2D eigenvalue weighted by Gasteiger charge is -2.02. The summed E-state index contributed by atoms with van der Waals surface area (Å²) in [5, 5.41) is 0. The zero-order valence-electron chi connectivity index (χ0n) is 8.71. The van der Waals surface area contributed by atoms with Gasteiger partial charge >= 0.3 is 5.97 Å². The molecule has 0 heterocycles. The number of ether oxygens (including phenoxy) is 1. The zero-order chi connectivity index (χ0) is 12.2. The van der Waals surface area contributed by atoms with Crippen LogP contribution in [0.25, 0.3) is 0 Å². The molecule has 0 bridgehead atoms. The Kier molecular flexibility index (Phi) is 4.03. The van der Waals surface area contributed by atoms with E-state index in [-0.39, 0.29) is 12.2 Å². The van der Waals surface area contributed by atoms with E-state index < -0.39 is 16.1 Å². The molecule has 0 radical (unpaired) electrons. The summed E-state index contributed by atoms with van der Waals surface area (Å²) >= 11 is 0. The smallest absolute Gasteiger partial charge is 0.337 e. The van der Waals surface area contributed by atoms with Gasteiger partial charge in [0, 0.05) is 0 Å². The molecule has 16 heavy (non-hydrogen) atoms. The minimum Gasteiger partial charge on any atom is -0.465 e. The van der Waals surface area contributed by atoms with Crippen molar-refractivity contribution in [3.8, 4) is 0 Å². The van der Waals surface area contributed by atoms with Gasteiger partial charge < -0.3 is 4.74 Å². The van der Waals surface area contributed by atoms with E-state index in [4.69, 9.17) is 4.55 Å². The second kappa shape index (κ2) is 5.09. The highest BCUT2D eigenvalue weighted by molar-refractivity contribution is 7.85. The van der Waals surface area contributed by atoms with E-state index in [0.29, 0.717) is 5.56 Å². The molecule has 0 aromatic heterocycles. The van der Waals surface area contributed by atoms with Gasteiger partial charge in [-0.1, -0.05) is 12.1 Å². The number of aryl methyl sites for hydroxylation is 1. The monoisotopic (exact) mass is 244 g/mol. The van der Waals surface area contributed by atoms with Crippen LogP contribution in [0.3, 0.4) is 0 Å². The molecule has 0 saturated carbocycles. The van der Waals surface area contributed by atoms with E-state index in [9.17, 15) is 13.2 Å². The van der Waals surface area contributed by atoms with Crippen molar-refractivity contribution in [3.05, 3.63) is 35.4 Å². The molecule has 88 valence electrons. The van der Waals surface area contributed by atoms with E-state index in [1.807, 2.05) is 0 Å². The first-order valence-electron chi connectivity index (χ1n) is 4.55. The van der Waals surface area contributed by atoms with Crippen molar-refractivity contribution in [2.75, 3.05) is 12.9 Å². The molecule has 0 aliphatic heterocycles. The van der Waals surface area contributed by atoms with Crippen LogP contribution in [0.1, 0.15) is 15.9 Å². The predicted molar refractivity (Wildman–Crippen MR) is 57.9 cm³/mol. The Bertz CT molecular complexity index is 460. The quantitative estimate of drug-likeness (QED) is 0.628. The van der Waals surface area contributed by atoms with Crippen LogP contribution < -0.4 is 0 Å². The fourth-order valence-electron chi connectivity index (χ4n) is 1.17. The van der Waals surface area contributed by atoms with Gasteiger partial charge in [-0.05, 0) is 24.1 Å². The number of benzene rings is 1. The molecule has 1 N–H and O–H groups in total. The SMILES string of the molecule is COC(=O)c1ccc(CCS(=O)(=O)O)cc1. The molecule has 0 unspecified atom stereocenters. The second-order valence-electron chi connectivity index (χ2n) is 3.22. The third kappa shape index (κ3) is 4.00. The van der Waals surface area contributed by atoms with Crippen molar-refractivity contribution < 1.29 is 22.5 Å². The topological polar surface area (TPSA) is 80.7 Å². The van der Waals surface area contributed by atoms with Crippen molar-refractivity contribution in [2.24, 2.45) is 0 Å². The number of rotatable bonds is 4. The van der Waals surface area contributed by atoms with Crippen molar-refractivity contribution in [2.45, 2.75) is 6.42 Å². The lowest BCUT2D eigenvalue weighted by Crippen LogP contribution is -2.07. The van der Waals surface area contributed by atoms with E-state index in [0.717, 1.165) is 5.56 Å². The van der Waals surface area contributed by atoms with Gasteiger partial charge in [-0.2, -0.15) is 8.42 Å². The molecule has 0 amide bonds. The number of esters is 1. The molecule has 1 aromatic carbocycles. The molecule has 0 fully saturated rings. The third-order valence-corrected chi connectivity index (χ3v) is 2.74. The summed E-state index contributed by atoms with van der Waals surface area (Å²) in [5.41, 5.74) is 1.13. The standard InChI is InChI=1S/C10H12O5S/c1-15-10(11)9-4-2-8(3-5-9)6-7-16(12,13)14/h2-5H,6-7H2,1H3,(H,12,13,14). The Labute approximate surface area is 93.8 Å². The molecule has 1 rings (SSSR count). The number of hydrogen-bond acceptors (Lipinski definition) is 4. The maximum Gasteiger partial charge on any atom is 0.337 e. The minimum atomic E-state index is -3.95. The molecule has 0 spiro atoms. The molecular weight excluding hydrogens is 232 g/mol. The molecule has 0 atom stereocenters. The van der Waals surface area contributed by atoms with Gasteiger partial charge in [0.15, 0.2) is 0 Å². The highest BCUT2D eigenvalue weighted by Crippen LogP contribution is 2.07. The van der Waals surface area contributed by atoms with E-state index in [1.54, 1.807) is 24.3 Å². The van der Waals surface area contributed by atoms with Gasteiger partial charge in [-0.15, -0.1) is 0 Å². The Morgan fingerprint density at radius 1 is 1.31 bits per heavy atom. The molecule has 0 saturated heterocycles. The minimum absolute atomic E-state index is 0.209. The van der Waals surface area contributed by atoms with Gasteiger partial charge in [0.2, 0.25) is 0 Å². The van der Waals surface area contributed by atoms with Crippen LogP contribution in [0.2, 0.25) is 0 Å². The number of carbonyl (C=O) groups excluding carboxylic acids is 1. The molecule has 6 heteroatoms. The Hall–Kier alpha value is -1.40. The first-order chi connectivity index (χ1) is 7.42. The molecular formula is C10H12O5S. The largest absolute Gasteiger partial charge is 0.465 e. The number of methoxy groups -OCH3 is 1. The first kappa shape index (κ1) is 12.7. The summed E-state index contributed by atoms with van der Waals surface area (Å²) in [6, 6.07) is 6.34. The van der Waals surface area contributed by atoms with Crippen LogP contribution >= 0.6 is 0 Å². The Balaban J connectivity index is 2.69. The van der Waals surface area contributed by atoms with Gasteiger partial charge in [0.1, 0.15) is 0 Å². The van der Waals surface area contributed by atoms with Gasteiger partial charge in [-0.3, -0.25) is 4.55 Å². The van der Waals surface area contributed by atoms with Crippen LogP contribution in [-0.2, 0) is 21.3 Å². The highest BCUT2D eigenvalue weighted by Gasteiger charge is 2.07. The van der Waals surface area contributed by atoms with Gasteiger partial charge in [0.05, 0.1) is 18.4 Å². The maximum absolute atomic E-state index is 11.1. The van der Waals surface area contributed by atoms with Crippen molar-refractivity contribution in [3.63, 3.8) is 0 Å². The summed E-state index contributed by atoms with van der Waals surface area (Å²) in [6.45, 7) is 0. The van der Waals surface area contributed by atoms with Gasteiger partial charge in [0.25, 0.3) is 10.1 Å². The summed E-state index contributed by atoms with van der Waals surface area (Å²) in [4.78, 5) is 11.1. The van der Waals surface area contributed by atoms with Crippen molar-refractivity contribution >= 4 is 16.1 Å². The lowest BCUT2D eigenvalue weighted by molar-refractivity contribution is 0.0600.